The number of hydrogen-bond donors (Lipinski definition) is 2. The summed E-state index contributed by atoms with van der Waals surface area (Å²) in [6.07, 6.45) is 4.85. The average Bonchev–Trinajstić information content (AvgIpc) is 3.87. The van der Waals surface area contributed by atoms with Gasteiger partial charge in [0.15, 0.2) is 15.5 Å². The molecular formula is C37H45Cl3N4O6S2. The fourth-order valence-corrected chi connectivity index (χ4v) is 9.59. The Morgan fingerprint density at radius 3 is 1.81 bits per heavy atom. The molecule has 1 aliphatic carbocycles. The molecule has 2 aliphatic heterocycles. The summed E-state index contributed by atoms with van der Waals surface area (Å²) < 4.78 is 56.3. The summed E-state index contributed by atoms with van der Waals surface area (Å²) in [5.74, 6) is 0.431. The molecule has 3 aliphatic rings. The molecule has 3 fully saturated rings. The third-order valence-electron chi connectivity index (χ3n) is 10.7. The van der Waals surface area contributed by atoms with E-state index in [9.17, 15) is 16.8 Å². The van der Waals surface area contributed by atoms with Gasteiger partial charge in [-0.1, -0.05) is 59.1 Å². The number of carbonyl (C=O) groups excluding carboxylic acids is 1. The number of carbonyl (C=O) groups is 1. The van der Waals surface area contributed by atoms with Gasteiger partial charge < -0.3 is 9.64 Å². The third kappa shape index (κ3) is 8.00. The van der Waals surface area contributed by atoms with Crippen LogP contribution in [-0.4, -0.2) is 90.1 Å². The summed E-state index contributed by atoms with van der Waals surface area (Å²) >= 11 is 19.4. The monoisotopic (exact) mass is 810 g/mol. The molecule has 2 N–H and O–H groups in total. The summed E-state index contributed by atoms with van der Waals surface area (Å²) in [4.78, 5) is 19.3. The molecular weight excluding hydrogens is 767 g/mol. The van der Waals surface area contributed by atoms with Gasteiger partial charge in [0.25, 0.3) is 5.91 Å². The van der Waals surface area contributed by atoms with Crippen molar-refractivity contribution in [3.05, 3.63) is 92.4 Å². The number of amides is 1. The van der Waals surface area contributed by atoms with Crippen molar-refractivity contribution in [1.82, 2.24) is 20.4 Å². The lowest BCUT2D eigenvalue weighted by Gasteiger charge is -2.41. The molecule has 0 aromatic heterocycles. The number of ether oxygens (including phenoxy) is 1. The second-order valence-electron chi connectivity index (χ2n) is 14.7. The first-order valence-electron chi connectivity index (χ1n) is 17.3. The molecule has 1 amide bonds. The Morgan fingerprint density at radius 1 is 0.827 bits per heavy atom. The maximum atomic E-state index is 15.5. The molecule has 2 saturated heterocycles. The zero-order valence-electron chi connectivity index (χ0n) is 29.7. The smallest absolute Gasteiger partial charge is 0.262 e. The van der Waals surface area contributed by atoms with E-state index in [-0.39, 0.29) is 21.6 Å². The molecule has 10 nitrogen and oxygen atoms in total. The number of halogens is 3. The van der Waals surface area contributed by atoms with Gasteiger partial charge in [0.1, 0.15) is 15.6 Å². The van der Waals surface area contributed by atoms with Gasteiger partial charge in [-0.05, 0) is 87.0 Å². The fraction of sp³-hybridized carbons (Fsp3) is 0.486. The van der Waals surface area contributed by atoms with Crippen LogP contribution in [0, 0.1) is 5.92 Å². The molecule has 0 radical (unpaired) electrons. The van der Waals surface area contributed by atoms with Crippen molar-refractivity contribution in [2.45, 2.75) is 54.7 Å². The molecule has 52 heavy (non-hydrogen) atoms. The number of nitrogens with one attached hydrogen (secondary N) is 2. The van der Waals surface area contributed by atoms with Crippen LogP contribution in [0.2, 0.25) is 15.1 Å². The van der Waals surface area contributed by atoms with Crippen LogP contribution < -0.4 is 15.4 Å². The molecule has 3 aromatic carbocycles. The van der Waals surface area contributed by atoms with E-state index in [1.165, 1.54) is 18.4 Å². The summed E-state index contributed by atoms with van der Waals surface area (Å²) in [5.41, 5.74) is -1.82. The minimum absolute atomic E-state index is 0.00118. The van der Waals surface area contributed by atoms with E-state index in [0.717, 1.165) is 30.2 Å². The number of piperazine rings is 1. The van der Waals surface area contributed by atoms with Gasteiger partial charge in [0, 0.05) is 60.4 Å². The number of benzene rings is 3. The number of sulfone groups is 2. The Morgan fingerprint density at radius 2 is 1.35 bits per heavy atom. The van der Waals surface area contributed by atoms with Gasteiger partial charge in [0.05, 0.1) is 33.4 Å². The molecule has 3 aromatic rings. The number of nitrogens with zero attached hydrogens (tertiary/aromatic N) is 2. The topological polar surface area (TPSA) is 125 Å². The predicted molar refractivity (Wildman–Crippen MR) is 206 cm³/mol. The Bertz CT molecular complexity index is 1980. The fourth-order valence-electron chi connectivity index (χ4n) is 7.36. The highest BCUT2D eigenvalue weighted by atomic mass is 35.5. The first-order chi connectivity index (χ1) is 24.3. The predicted octanol–water partition coefficient (Wildman–Crippen LogP) is 5.59. The highest BCUT2D eigenvalue weighted by Gasteiger charge is 2.65. The molecule has 0 bridgehead atoms. The van der Waals surface area contributed by atoms with Crippen LogP contribution in [0.4, 0.5) is 0 Å². The van der Waals surface area contributed by atoms with E-state index in [1.807, 2.05) is 38.1 Å². The summed E-state index contributed by atoms with van der Waals surface area (Å²) in [6, 6.07) is 17.8. The van der Waals surface area contributed by atoms with Crippen LogP contribution in [0.15, 0.2) is 65.6 Å². The average molecular weight is 812 g/mol. The van der Waals surface area contributed by atoms with E-state index in [4.69, 9.17) is 39.5 Å². The normalized spacial score (nSPS) is 25.7. The van der Waals surface area contributed by atoms with Crippen molar-refractivity contribution < 1.29 is 26.4 Å². The number of rotatable bonds is 12. The Labute approximate surface area is 322 Å². The molecule has 282 valence electrons. The van der Waals surface area contributed by atoms with Crippen LogP contribution >= 0.6 is 34.8 Å². The number of hydrogen-bond acceptors (Lipinski definition) is 9. The van der Waals surface area contributed by atoms with Gasteiger partial charge in [-0.15, -0.1) is 0 Å². The van der Waals surface area contributed by atoms with E-state index in [2.05, 4.69) is 15.5 Å². The summed E-state index contributed by atoms with van der Waals surface area (Å²) in [7, 11) is -6.93. The molecule has 6 rings (SSSR count). The van der Waals surface area contributed by atoms with Crippen LogP contribution in [-0.2, 0) is 41.2 Å². The van der Waals surface area contributed by atoms with Crippen LogP contribution in [0.5, 0.6) is 5.75 Å². The molecule has 3 atom stereocenters. The maximum absolute atomic E-state index is 15.5. The molecule has 1 saturated carbocycles. The van der Waals surface area contributed by atoms with Crippen LogP contribution in [0.1, 0.15) is 49.8 Å². The van der Waals surface area contributed by atoms with Crippen LogP contribution in [0.3, 0.4) is 0 Å². The van der Waals surface area contributed by atoms with Crippen molar-refractivity contribution in [1.29, 1.82) is 0 Å². The Kier molecular flexibility index (Phi) is 11.1. The lowest BCUT2D eigenvalue weighted by atomic mass is 9.72. The summed E-state index contributed by atoms with van der Waals surface area (Å²) in [6.45, 7) is 6.79. The van der Waals surface area contributed by atoms with E-state index < -0.39 is 36.4 Å². The quantitative estimate of drug-likeness (QED) is 0.241. The van der Waals surface area contributed by atoms with E-state index >= 15 is 4.79 Å². The van der Waals surface area contributed by atoms with Gasteiger partial charge in [-0.2, -0.15) is 0 Å². The first kappa shape index (κ1) is 39.3. The van der Waals surface area contributed by atoms with Crippen molar-refractivity contribution in [2.24, 2.45) is 5.92 Å². The maximum Gasteiger partial charge on any atom is 0.262 e. The Balaban J connectivity index is 1.51. The third-order valence-corrected chi connectivity index (χ3v) is 13.8. The Hall–Kier alpha value is -2.42. The second kappa shape index (κ2) is 14.7. The van der Waals surface area contributed by atoms with Crippen molar-refractivity contribution in [3.8, 4) is 5.75 Å². The lowest BCUT2D eigenvalue weighted by Crippen LogP contribution is -2.63. The molecule has 0 spiro atoms. The van der Waals surface area contributed by atoms with Gasteiger partial charge in [-0.25, -0.2) is 16.8 Å². The van der Waals surface area contributed by atoms with Gasteiger partial charge >= 0.3 is 0 Å². The van der Waals surface area contributed by atoms with Crippen molar-refractivity contribution in [2.75, 3.05) is 57.6 Å². The molecule has 2 heterocycles. The SMILES string of the molecule is C[C@@]1(c2ccc(Cl)cc2)NC(C(=O)N2CCN(CCCS(C)(=O)=O)CC2)(c2cc(S(C)(=O)=O)c(Cl)cc2OCC2CC2)N[C@]1(C)c1ccc(Cl)cc1. The van der Waals surface area contributed by atoms with Gasteiger partial charge in [-0.3, -0.25) is 20.3 Å². The molecule has 15 heteroatoms. The highest BCUT2D eigenvalue weighted by molar-refractivity contribution is 7.91. The molecule has 1 unspecified atom stereocenters. The highest BCUT2D eigenvalue weighted by Crippen LogP contribution is 2.52. The zero-order chi connectivity index (χ0) is 37.7. The van der Waals surface area contributed by atoms with Crippen molar-refractivity contribution in [3.63, 3.8) is 0 Å². The summed E-state index contributed by atoms with van der Waals surface area (Å²) in [5, 5.41) is 8.62. The first-order valence-corrected chi connectivity index (χ1v) is 22.4. The van der Waals surface area contributed by atoms with Crippen molar-refractivity contribution >= 4 is 60.4 Å². The van der Waals surface area contributed by atoms with Crippen LogP contribution in [0.25, 0.3) is 0 Å². The minimum atomic E-state index is -3.84. The van der Waals surface area contributed by atoms with E-state index in [0.29, 0.717) is 73.0 Å². The minimum Gasteiger partial charge on any atom is -0.493 e. The zero-order valence-corrected chi connectivity index (χ0v) is 33.6. The second-order valence-corrected chi connectivity index (χ2v) is 20.2. The van der Waals surface area contributed by atoms with Gasteiger partial charge in [0.2, 0.25) is 0 Å². The lowest BCUT2D eigenvalue weighted by molar-refractivity contribution is -0.142. The largest absolute Gasteiger partial charge is 0.493 e. The van der Waals surface area contributed by atoms with E-state index in [1.54, 1.807) is 29.2 Å². The standard InChI is InChI=1S/C37H45Cl3N4O6S2/c1-35(26-8-12-28(38)13-9-26)36(2,27-10-14-29(39)15-11-27)42-37(41-35,34(45)44-19-17-43(18-20-44)16-5-21-51(3,46)47)30-22-33(52(4,48)49)31(40)23-32(30)50-24-25-6-7-25/h8-15,22-23,25,41-42H,5-7,16-21,24H2,1-4H3/t35-,36+,37?.